The first-order valence-electron chi connectivity index (χ1n) is 7.65. The van der Waals surface area contributed by atoms with Gasteiger partial charge in [0, 0.05) is 18.9 Å². The van der Waals surface area contributed by atoms with Crippen LogP contribution < -0.4 is 0 Å². The Bertz CT molecular complexity index is 392. The first-order valence-corrected chi connectivity index (χ1v) is 8.57. The zero-order valence-electron chi connectivity index (χ0n) is 13.3. The average molecular weight is 363 g/mol. The number of ether oxygens (including phenoxy) is 2. The molecule has 0 aromatic rings. The van der Waals surface area contributed by atoms with Gasteiger partial charge in [0.1, 0.15) is 5.01 Å². The lowest BCUT2D eigenvalue weighted by Gasteiger charge is -2.43. The van der Waals surface area contributed by atoms with Gasteiger partial charge in [-0.1, -0.05) is 27.6 Å². The van der Waals surface area contributed by atoms with Crippen molar-refractivity contribution in [2.24, 2.45) is 11.8 Å². The lowest BCUT2D eigenvalue weighted by Crippen LogP contribution is -2.51. The van der Waals surface area contributed by atoms with Crippen molar-refractivity contribution < 1.29 is 19.7 Å². The molecule has 122 valence electrons. The van der Waals surface area contributed by atoms with Crippen LogP contribution >= 0.6 is 15.9 Å². The van der Waals surface area contributed by atoms with E-state index >= 15 is 0 Å². The Morgan fingerprint density at radius 2 is 2.00 bits per heavy atom. The van der Waals surface area contributed by atoms with Crippen LogP contribution in [-0.4, -0.2) is 46.2 Å². The normalized spacial score (nSPS) is 44.2. The maximum Gasteiger partial charge on any atom is 0.117 e. The molecule has 1 saturated carbocycles. The van der Waals surface area contributed by atoms with Crippen molar-refractivity contribution in [3.8, 4) is 0 Å². The first-order chi connectivity index (χ1) is 9.81. The lowest BCUT2D eigenvalue weighted by molar-refractivity contribution is -0.0988. The van der Waals surface area contributed by atoms with E-state index < -0.39 is 12.2 Å². The third-order valence-corrected chi connectivity index (χ3v) is 5.92. The van der Waals surface area contributed by atoms with Crippen LogP contribution in [0.1, 0.15) is 40.0 Å². The highest BCUT2D eigenvalue weighted by Crippen LogP contribution is 2.53. The SMILES string of the molecule is COC(Br)C1C(O)CCC(O)C1C1(C)OC1CC=C(C)C. The molecule has 0 spiro atoms. The predicted octanol–water partition coefficient (Wildman–Crippen LogP) is 2.62. The molecule has 2 aliphatic rings. The Morgan fingerprint density at radius 3 is 2.57 bits per heavy atom. The Hall–Kier alpha value is 0.0600. The van der Waals surface area contributed by atoms with Crippen LogP contribution in [-0.2, 0) is 9.47 Å². The molecular formula is C16H27BrO4. The number of alkyl halides is 1. The third-order valence-electron chi connectivity index (χ3n) is 4.94. The van der Waals surface area contributed by atoms with Crippen molar-refractivity contribution in [1.29, 1.82) is 0 Å². The molecule has 0 radical (unpaired) electrons. The van der Waals surface area contributed by atoms with Gasteiger partial charge in [-0.3, -0.25) is 0 Å². The summed E-state index contributed by atoms with van der Waals surface area (Å²) >= 11 is 3.49. The van der Waals surface area contributed by atoms with Crippen LogP contribution in [0.2, 0.25) is 0 Å². The summed E-state index contributed by atoms with van der Waals surface area (Å²) in [5, 5.41) is 20.6. The molecule has 0 amide bonds. The highest BCUT2D eigenvalue weighted by Gasteiger charge is 2.63. The van der Waals surface area contributed by atoms with E-state index in [2.05, 4.69) is 35.9 Å². The van der Waals surface area contributed by atoms with E-state index in [0.29, 0.717) is 12.8 Å². The largest absolute Gasteiger partial charge is 0.393 e. The number of rotatable bonds is 5. The van der Waals surface area contributed by atoms with Crippen molar-refractivity contribution in [2.45, 2.75) is 69.0 Å². The van der Waals surface area contributed by atoms with Crippen LogP contribution in [0.4, 0.5) is 0 Å². The van der Waals surface area contributed by atoms with Crippen molar-refractivity contribution >= 4 is 15.9 Å². The number of aliphatic hydroxyl groups excluding tert-OH is 2. The summed E-state index contributed by atoms with van der Waals surface area (Å²) in [4.78, 5) is 0. The third kappa shape index (κ3) is 3.53. The minimum Gasteiger partial charge on any atom is -0.393 e. The van der Waals surface area contributed by atoms with Crippen molar-refractivity contribution in [2.75, 3.05) is 7.11 Å². The molecule has 0 aromatic carbocycles. The molecule has 2 N–H and O–H groups in total. The van der Waals surface area contributed by atoms with Crippen LogP contribution in [0.3, 0.4) is 0 Å². The molecule has 1 aliphatic carbocycles. The summed E-state index contributed by atoms with van der Waals surface area (Å²) in [6, 6.07) is 0. The van der Waals surface area contributed by atoms with Crippen molar-refractivity contribution in [3.63, 3.8) is 0 Å². The number of halogens is 1. The average Bonchev–Trinajstić information content (AvgIpc) is 3.09. The fourth-order valence-electron chi connectivity index (χ4n) is 3.66. The summed E-state index contributed by atoms with van der Waals surface area (Å²) in [6.07, 6.45) is 3.39. The maximum absolute atomic E-state index is 10.5. The second-order valence-corrected chi connectivity index (χ2v) is 7.61. The molecule has 7 atom stereocenters. The smallest absolute Gasteiger partial charge is 0.117 e. The molecule has 0 bridgehead atoms. The molecule has 2 rings (SSSR count). The quantitative estimate of drug-likeness (QED) is 0.448. The minimum atomic E-state index is -0.479. The fraction of sp³-hybridized carbons (Fsp3) is 0.875. The van der Waals surface area contributed by atoms with E-state index in [1.54, 1.807) is 7.11 Å². The van der Waals surface area contributed by atoms with Crippen LogP contribution in [0, 0.1) is 11.8 Å². The summed E-state index contributed by atoms with van der Waals surface area (Å²) in [7, 11) is 1.61. The van der Waals surface area contributed by atoms with Gasteiger partial charge in [0.05, 0.1) is 23.9 Å². The van der Waals surface area contributed by atoms with Crippen molar-refractivity contribution in [1.82, 2.24) is 0 Å². The second-order valence-electron chi connectivity index (χ2n) is 6.71. The standard InChI is InChI=1S/C16H27BrO4/c1-9(2)5-8-12-16(3,21-12)14-11(19)7-6-10(18)13(14)15(17)20-4/h5,10-15,18-19H,6-8H2,1-4H3. The zero-order valence-corrected chi connectivity index (χ0v) is 14.8. The number of methoxy groups -OCH3 is 1. The highest BCUT2D eigenvalue weighted by molar-refractivity contribution is 9.09. The van der Waals surface area contributed by atoms with Crippen molar-refractivity contribution in [3.05, 3.63) is 11.6 Å². The first kappa shape index (κ1) is 17.4. The monoisotopic (exact) mass is 362 g/mol. The molecule has 21 heavy (non-hydrogen) atoms. The Balaban J connectivity index is 2.16. The Labute approximate surface area is 135 Å². The summed E-state index contributed by atoms with van der Waals surface area (Å²) < 4.78 is 11.3. The summed E-state index contributed by atoms with van der Waals surface area (Å²) in [5.74, 6) is -0.290. The van der Waals surface area contributed by atoms with Gasteiger partial charge in [0.2, 0.25) is 0 Å². The number of hydrogen-bond donors (Lipinski definition) is 2. The van der Waals surface area contributed by atoms with E-state index in [0.717, 1.165) is 6.42 Å². The van der Waals surface area contributed by atoms with Gasteiger partial charge in [-0.2, -0.15) is 0 Å². The molecular weight excluding hydrogens is 336 g/mol. The molecule has 1 aliphatic heterocycles. The van der Waals surface area contributed by atoms with Crippen LogP contribution in [0.5, 0.6) is 0 Å². The number of allylic oxidation sites excluding steroid dienone is 1. The Morgan fingerprint density at radius 1 is 1.38 bits per heavy atom. The topological polar surface area (TPSA) is 62.2 Å². The van der Waals surface area contributed by atoms with Gasteiger partial charge in [0.15, 0.2) is 0 Å². The van der Waals surface area contributed by atoms with Crippen LogP contribution in [0.15, 0.2) is 11.6 Å². The minimum absolute atomic E-state index is 0.108. The van der Waals surface area contributed by atoms with E-state index in [-0.39, 0.29) is 28.6 Å². The lowest BCUT2D eigenvalue weighted by atomic mass is 9.68. The van der Waals surface area contributed by atoms with E-state index in [1.807, 2.05) is 6.92 Å². The molecule has 1 heterocycles. The molecule has 7 unspecified atom stereocenters. The molecule has 5 heteroatoms. The van der Waals surface area contributed by atoms with Gasteiger partial charge in [0.25, 0.3) is 0 Å². The molecule has 0 aromatic heterocycles. The second kappa shape index (κ2) is 6.67. The maximum atomic E-state index is 10.5. The molecule has 1 saturated heterocycles. The van der Waals surface area contributed by atoms with Gasteiger partial charge < -0.3 is 19.7 Å². The van der Waals surface area contributed by atoms with Gasteiger partial charge in [-0.05, 0) is 40.0 Å². The number of aliphatic hydroxyl groups is 2. The van der Waals surface area contributed by atoms with Crippen LogP contribution in [0.25, 0.3) is 0 Å². The number of epoxide rings is 1. The van der Waals surface area contributed by atoms with E-state index in [4.69, 9.17) is 9.47 Å². The van der Waals surface area contributed by atoms with E-state index in [9.17, 15) is 10.2 Å². The highest BCUT2D eigenvalue weighted by atomic mass is 79.9. The van der Waals surface area contributed by atoms with E-state index in [1.165, 1.54) is 5.57 Å². The summed E-state index contributed by atoms with van der Waals surface area (Å²) in [5.41, 5.74) is 0.881. The van der Waals surface area contributed by atoms with Gasteiger partial charge >= 0.3 is 0 Å². The predicted molar refractivity (Wildman–Crippen MR) is 85.3 cm³/mol. The molecule has 4 nitrogen and oxygen atoms in total. The van der Waals surface area contributed by atoms with Gasteiger partial charge in [-0.15, -0.1) is 0 Å². The summed E-state index contributed by atoms with van der Waals surface area (Å²) in [6.45, 7) is 6.19. The van der Waals surface area contributed by atoms with Gasteiger partial charge in [-0.25, -0.2) is 0 Å². The zero-order chi connectivity index (χ0) is 15.8. The fourth-order valence-corrected chi connectivity index (χ4v) is 4.34. The molecule has 2 fully saturated rings. The Kier molecular flexibility index (Phi) is 5.53. The number of hydrogen-bond acceptors (Lipinski definition) is 4.